The van der Waals surface area contributed by atoms with Gasteiger partial charge in [0.2, 0.25) is 5.69 Å². The number of nitrogens with zero attached hydrogens (tertiary/aromatic N) is 2. The Morgan fingerprint density at radius 2 is 1.58 bits per heavy atom. The van der Waals surface area contributed by atoms with E-state index in [4.69, 9.17) is 0 Å². The van der Waals surface area contributed by atoms with Crippen molar-refractivity contribution >= 4 is 32.2 Å². The van der Waals surface area contributed by atoms with E-state index < -0.39 is 0 Å². The molecule has 0 amide bonds. The number of aryl methyl sites for hydroxylation is 2. The van der Waals surface area contributed by atoms with Crippen molar-refractivity contribution in [3.8, 4) is 28.5 Å². The third kappa shape index (κ3) is 4.86. The van der Waals surface area contributed by atoms with Gasteiger partial charge < -0.3 is 0 Å². The van der Waals surface area contributed by atoms with Crippen LogP contribution >= 0.6 is 11.3 Å². The van der Waals surface area contributed by atoms with E-state index in [1.807, 2.05) is 24.6 Å². The lowest BCUT2D eigenvalue weighted by Crippen LogP contribution is -2.31. The van der Waals surface area contributed by atoms with Gasteiger partial charge in [0.25, 0.3) is 0 Å². The van der Waals surface area contributed by atoms with Gasteiger partial charge in [0.05, 0.1) is 0 Å². The highest BCUT2D eigenvalue weighted by molar-refractivity contribution is 7.19. The van der Waals surface area contributed by atoms with Crippen molar-refractivity contribution in [3.63, 3.8) is 0 Å². The number of hydrogen-bond donors (Lipinski definition) is 0. The van der Waals surface area contributed by atoms with Gasteiger partial charge in [0.15, 0.2) is 6.20 Å². The van der Waals surface area contributed by atoms with Crippen LogP contribution in [0.25, 0.3) is 43.2 Å². The van der Waals surface area contributed by atoms with Crippen LogP contribution in [-0.4, -0.2) is 0 Å². The molecule has 2 heterocycles. The Morgan fingerprint density at radius 3 is 2.24 bits per heavy atom. The van der Waals surface area contributed by atoms with Gasteiger partial charge in [-0.1, -0.05) is 77.9 Å². The van der Waals surface area contributed by atoms with E-state index in [0.717, 1.165) is 23.2 Å². The van der Waals surface area contributed by atoms with Crippen LogP contribution in [0.2, 0.25) is 0 Å². The molecule has 0 saturated heterocycles. The van der Waals surface area contributed by atoms with Gasteiger partial charge in [-0.25, -0.2) is 0 Å². The number of thiophene rings is 1. The lowest BCUT2D eigenvalue weighted by molar-refractivity contribution is -0.660. The fourth-order valence-electron chi connectivity index (χ4n) is 5.52. The van der Waals surface area contributed by atoms with Gasteiger partial charge >= 0.3 is 0 Å². The molecular formula is C35H37N2S+. The zero-order chi connectivity index (χ0) is 27.4. The van der Waals surface area contributed by atoms with Crippen molar-refractivity contribution < 1.29 is 4.57 Å². The Kier molecular flexibility index (Phi) is 6.44. The molecule has 3 heteroatoms. The minimum Gasteiger partial charge on any atom is -0.200 e. The number of hydrogen-bond acceptors (Lipinski definition) is 2. The van der Waals surface area contributed by atoms with Gasteiger partial charge in [-0.3, -0.25) is 0 Å². The summed E-state index contributed by atoms with van der Waals surface area (Å²) >= 11 is 1.87. The SMILES string of the molecule is Cc1c(-c2cc(-c3ccc4cc(CC(C)(C)C)sc4c3)c(C#N)c[n+]2C)cc(C(C)(C)C)c2ccccc12. The van der Waals surface area contributed by atoms with E-state index in [0.29, 0.717) is 5.56 Å². The fourth-order valence-corrected chi connectivity index (χ4v) is 6.92. The molecular weight excluding hydrogens is 480 g/mol. The van der Waals surface area contributed by atoms with Crippen LogP contribution in [0.1, 0.15) is 63.1 Å². The summed E-state index contributed by atoms with van der Waals surface area (Å²) in [6, 6.07) is 24.7. The van der Waals surface area contributed by atoms with E-state index in [1.54, 1.807) is 0 Å². The third-order valence-corrected chi connectivity index (χ3v) is 8.48. The molecule has 2 nitrogen and oxygen atoms in total. The predicted octanol–water partition coefficient (Wildman–Crippen LogP) is 9.28. The Bertz CT molecular complexity index is 1730. The van der Waals surface area contributed by atoms with Crippen molar-refractivity contribution in [2.24, 2.45) is 12.5 Å². The zero-order valence-electron chi connectivity index (χ0n) is 23.9. The Balaban J connectivity index is 1.71. The van der Waals surface area contributed by atoms with Gasteiger partial charge in [-0.05, 0) is 75.2 Å². The molecule has 192 valence electrons. The van der Waals surface area contributed by atoms with Crippen LogP contribution in [0.5, 0.6) is 0 Å². The summed E-state index contributed by atoms with van der Waals surface area (Å²) in [7, 11) is 2.05. The highest BCUT2D eigenvalue weighted by Crippen LogP contribution is 2.39. The topological polar surface area (TPSA) is 27.7 Å². The molecule has 0 aliphatic heterocycles. The van der Waals surface area contributed by atoms with Crippen LogP contribution in [0.3, 0.4) is 0 Å². The molecule has 2 aromatic heterocycles. The summed E-state index contributed by atoms with van der Waals surface area (Å²) in [6.45, 7) is 15.9. The van der Waals surface area contributed by atoms with E-state index in [2.05, 4.69) is 120 Å². The number of benzene rings is 3. The summed E-state index contributed by atoms with van der Waals surface area (Å²) in [5.74, 6) is 0. The van der Waals surface area contributed by atoms with Gasteiger partial charge in [-0.2, -0.15) is 9.83 Å². The lowest BCUT2D eigenvalue weighted by Gasteiger charge is -2.24. The molecule has 38 heavy (non-hydrogen) atoms. The number of rotatable bonds is 3. The first kappa shape index (κ1) is 26.1. The number of fused-ring (bicyclic) bond motifs is 2. The predicted molar refractivity (Wildman–Crippen MR) is 163 cm³/mol. The maximum absolute atomic E-state index is 10.1. The zero-order valence-corrected chi connectivity index (χ0v) is 24.7. The van der Waals surface area contributed by atoms with Crippen LogP contribution in [0, 0.1) is 23.7 Å². The molecule has 5 rings (SSSR count). The summed E-state index contributed by atoms with van der Waals surface area (Å²) in [5, 5.41) is 14.0. The average Bonchev–Trinajstić information content (AvgIpc) is 3.23. The maximum Gasteiger partial charge on any atom is 0.213 e. The van der Waals surface area contributed by atoms with Gasteiger partial charge in [0.1, 0.15) is 18.7 Å². The summed E-state index contributed by atoms with van der Waals surface area (Å²) in [5.41, 5.74) is 7.96. The molecule has 0 atom stereocenters. The summed E-state index contributed by atoms with van der Waals surface area (Å²) in [6.07, 6.45) is 3.05. The highest BCUT2D eigenvalue weighted by atomic mass is 32.1. The average molecular weight is 518 g/mol. The fraction of sp³-hybridized carbons (Fsp3) is 0.314. The van der Waals surface area contributed by atoms with Gasteiger partial charge in [-0.15, -0.1) is 11.3 Å². The number of aromatic nitrogens is 1. The van der Waals surface area contributed by atoms with Crippen molar-refractivity contribution in [1.82, 2.24) is 0 Å². The monoisotopic (exact) mass is 517 g/mol. The molecule has 5 aromatic rings. The van der Waals surface area contributed by atoms with Crippen molar-refractivity contribution in [1.29, 1.82) is 5.26 Å². The number of nitriles is 1. The normalized spacial score (nSPS) is 12.3. The van der Waals surface area contributed by atoms with Crippen molar-refractivity contribution in [2.75, 3.05) is 0 Å². The molecule has 0 saturated carbocycles. The van der Waals surface area contributed by atoms with E-state index >= 15 is 0 Å². The van der Waals surface area contributed by atoms with Crippen LogP contribution < -0.4 is 4.57 Å². The lowest BCUT2D eigenvalue weighted by atomic mass is 9.80. The van der Waals surface area contributed by atoms with Crippen LogP contribution in [0.4, 0.5) is 0 Å². The summed E-state index contributed by atoms with van der Waals surface area (Å²) in [4.78, 5) is 1.41. The second-order valence-corrected chi connectivity index (χ2v) is 14.0. The first-order valence-electron chi connectivity index (χ1n) is 13.4. The first-order chi connectivity index (χ1) is 17.9. The standard InChI is InChI=1S/C35H37N2S/c1-22-27-11-9-10-12-28(27)31(35(5,6)7)17-29(22)32-18-30(25(20-36)21-37(32)8)23-13-14-24-15-26(19-34(2,3)4)38-33(24)16-23/h9-18,21H,19H2,1-8H3/q+1. The summed E-state index contributed by atoms with van der Waals surface area (Å²) < 4.78 is 3.38. The number of pyridine rings is 1. The Morgan fingerprint density at radius 1 is 0.868 bits per heavy atom. The molecule has 0 bridgehead atoms. The molecule has 3 aromatic carbocycles. The molecule has 0 N–H and O–H groups in total. The highest BCUT2D eigenvalue weighted by Gasteiger charge is 2.25. The maximum atomic E-state index is 10.1. The minimum absolute atomic E-state index is 0.00498. The second-order valence-electron chi connectivity index (χ2n) is 12.8. The van der Waals surface area contributed by atoms with E-state index in [9.17, 15) is 5.26 Å². The largest absolute Gasteiger partial charge is 0.213 e. The Hall–Kier alpha value is -3.48. The van der Waals surface area contributed by atoms with Crippen LogP contribution in [-0.2, 0) is 18.9 Å². The molecule has 0 radical (unpaired) electrons. The Labute approximate surface area is 231 Å². The van der Waals surface area contributed by atoms with Crippen LogP contribution in [0.15, 0.2) is 66.9 Å². The molecule has 0 spiro atoms. The van der Waals surface area contributed by atoms with Crippen molar-refractivity contribution in [2.45, 2.75) is 60.3 Å². The van der Waals surface area contributed by atoms with E-state index in [1.165, 1.54) is 42.4 Å². The first-order valence-corrected chi connectivity index (χ1v) is 14.2. The van der Waals surface area contributed by atoms with Gasteiger partial charge in [0, 0.05) is 26.8 Å². The quantitative estimate of drug-likeness (QED) is 0.219. The second kappa shape index (κ2) is 9.37. The molecule has 0 aliphatic rings. The third-order valence-electron chi connectivity index (χ3n) is 7.38. The molecule has 0 fully saturated rings. The molecule has 0 aliphatic carbocycles. The minimum atomic E-state index is 0.00498. The van der Waals surface area contributed by atoms with Crippen molar-refractivity contribution in [3.05, 3.63) is 88.4 Å². The van der Waals surface area contributed by atoms with E-state index in [-0.39, 0.29) is 10.8 Å². The smallest absolute Gasteiger partial charge is 0.200 e. The molecule has 0 unspecified atom stereocenters.